The van der Waals surface area contributed by atoms with Crippen molar-refractivity contribution in [2.75, 3.05) is 26.4 Å². The molecule has 4 heteroatoms. The van der Waals surface area contributed by atoms with Crippen molar-refractivity contribution in [1.82, 2.24) is 0 Å². The molecule has 2 aliphatic rings. The summed E-state index contributed by atoms with van der Waals surface area (Å²) < 4.78 is 22.1. The maximum absolute atomic E-state index is 5.83. The zero-order valence-corrected chi connectivity index (χ0v) is 15.7. The molecule has 2 fully saturated rings. The fourth-order valence-corrected chi connectivity index (χ4v) is 2.95. The van der Waals surface area contributed by atoms with Crippen LogP contribution >= 0.6 is 0 Å². The zero-order chi connectivity index (χ0) is 16.9. The van der Waals surface area contributed by atoms with Crippen LogP contribution in [0.1, 0.15) is 84.0 Å². The van der Waals surface area contributed by atoms with Gasteiger partial charge in [0.2, 0.25) is 0 Å². The SMILES string of the molecule is CCCCCCCCCCCCCC(OCC1CO1)OCC1CO1. The summed E-state index contributed by atoms with van der Waals surface area (Å²) in [6.07, 6.45) is 16.6. The second kappa shape index (κ2) is 13.1. The van der Waals surface area contributed by atoms with Gasteiger partial charge < -0.3 is 18.9 Å². The van der Waals surface area contributed by atoms with E-state index in [9.17, 15) is 0 Å². The lowest BCUT2D eigenvalue weighted by Gasteiger charge is -2.17. The van der Waals surface area contributed by atoms with Crippen molar-refractivity contribution in [1.29, 1.82) is 0 Å². The van der Waals surface area contributed by atoms with Crippen LogP contribution in [0.5, 0.6) is 0 Å². The average Bonchev–Trinajstić information content (AvgIpc) is 3.48. The zero-order valence-electron chi connectivity index (χ0n) is 15.7. The first-order valence-corrected chi connectivity index (χ1v) is 10.3. The van der Waals surface area contributed by atoms with Gasteiger partial charge in [0.1, 0.15) is 12.2 Å². The third-order valence-corrected chi connectivity index (χ3v) is 4.78. The predicted molar refractivity (Wildman–Crippen MR) is 96.3 cm³/mol. The normalized spacial score (nSPS) is 23.4. The minimum absolute atomic E-state index is 0.0723. The van der Waals surface area contributed by atoms with Crippen LogP contribution in [0.3, 0.4) is 0 Å². The Kier molecular flexibility index (Phi) is 11.0. The van der Waals surface area contributed by atoms with Gasteiger partial charge in [-0.1, -0.05) is 71.1 Å². The fraction of sp³-hybridized carbons (Fsp3) is 1.00. The van der Waals surface area contributed by atoms with Crippen LogP contribution in [-0.2, 0) is 18.9 Å². The molecule has 2 aliphatic heterocycles. The molecular formula is C20H38O4. The summed E-state index contributed by atoms with van der Waals surface area (Å²) in [5.74, 6) is 0. The molecule has 2 heterocycles. The smallest absolute Gasteiger partial charge is 0.157 e. The Morgan fingerprint density at radius 2 is 1.12 bits per heavy atom. The predicted octanol–water partition coefficient (Wildman–Crippen LogP) is 4.84. The van der Waals surface area contributed by atoms with Crippen molar-refractivity contribution in [3.8, 4) is 0 Å². The largest absolute Gasteiger partial charge is 0.371 e. The average molecular weight is 343 g/mol. The molecule has 24 heavy (non-hydrogen) atoms. The highest BCUT2D eigenvalue weighted by molar-refractivity contribution is 4.70. The molecule has 2 rings (SSSR count). The monoisotopic (exact) mass is 342 g/mol. The van der Waals surface area contributed by atoms with Crippen molar-refractivity contribution in [2.45, 2.75) is 102 Å². The first-order chi connectivity index (χ1) is 11.9. The molecule has 0 aliphatic carbocycles. The minimum Gasteiger partial charge on any atom is -0.371 e. The van der Waals surface area contributed by atoms with Crippen LogP contribution in [-0.4, -0.2) is 44.9 Å². The number of hydrogen-bond donors (Lipinski definition) is 0. The number of epoxide rings is 2. The molecule has 0 saturated carbocycles. The van der Waals surface area contributed by atoms with Crippen molar-refractivity contribution >= 4 is 0 Å². The van der Waals surface area contributed by atoms with E-state index < -0.39 is 0 Å². The van der Waals surface area contributed by atoms with E-state index in [0.29, 0.717) is 25.4 Å². The highest BCUT2D eigenvalue weighted by Gasteiger charge is 2.27. The van der Waals surface area contributed by atoms with Crippen LogP contribution in [0.15, 0.2) is 0 Å². The number of rotatable bonds is 18. The summed E-state index contributed by atoms with van der Waals surface area (Å²) in [6.45, 7) is 5.32. The molecule has 0 N–H and O–H groups in total. The van der Waals surface area contributed by atoms with Crippen LogP contribution < -0.4 is 0 Å². The summed E-state index contributed by atoms with van der Waals surface area (Å²) >= 11 is 0. The summed E-state index contributed by atoms with van der Waals surface area (Å²) in [5.41, 5.74) is 0. The molecular weight excluding hydrogens is 304 g/mol. The number of hydrogen-bond acceptors (Lipinski definition) is 4. The van der Waals surface area contributed by atoms with E-state index in [-0.39, 0.29) is 6.29 Å². The number of unbranched alkanes of at least 4 members (excludes halogenated alkanes) is 10. The van der Waals surface area contributed by atoms with Crippen molar-refractivity contribution in [3.05, 3.63) is 0 Å². The molecule has 0 amide bonds. The van der Waals surface area contributed by atoms with Gasteiger partial charge in [0.05, 0.1) is 26.4 Å². The van der Waals surface area contributed by atoms with Gasteiger partial charge in [-0.15, -0.1) is 0 Å². The lowest BCUT2D eigenvalue weighted by molar-refractivity contribution is -0.151. The highest BCUT2D eigenvalue weighted by atomic mass is 16.7. The van der Waals surface area contributed by atoms with Gasteiger partial charge in [-0.3, -0.25) is 0 Å². The molecule has 2 atom stereocenters. The molecule has 2 unspecified atom stereocenters. The van der Waals surface area contributed by atoms with E-state index in [1.54, 1.807) is 0 Å². The van der Waals surface area contributed by atoms with Gasteiger partial charge >= 0.3 is 0 Å². The maximum atomic E-state index is 5.83. The highest BCUT2D eigenvalue weighted by Crippen LogP contribution is 2.18. The van der Waals surface area contributed by atoms with E-state index in [0.717, 1.165) is 19.6 Å². The summed E-state index contributed by atoms with van der Waals surface area (Å²) in [6, 6.07) is 0. The minimum atomic E-state index is -0.0723. The standard InChI is InChI=1S/C20H38O4/c1-2-3-4-5-6-7-8-9-10-11-12-13-20(23-16-18-14-21-18)24-17-19-15-22-19/h18-20H,2-17H2,1H3. The van der Waals surface area contributed by atoms with Crippen LogP contribution in [0.25, 0.3) is 0 Å². The molecule has 4 nitrogen and oxygen atoms in total. The van der Waals surface area contributed by atoms with Gasteiger partial charge in [0, 0.05) is 0 Å². The van der Waals surface area contributed by atoms with E-state index in [4.69, 9.17) is 18.9 Å². The molecule has 142 valence electrons. The van der Waals surface area contributed by atoms with Crippen molar-refractivity contribution in [2.24, 2.45) is 0 Å². The molecule has 0 aromatic carbocycles. The molecule has 0 aromatic heterocycles. The van der Waals surface area contributed by atoms with Gasteiger partial charge in [-0.25, -0.2) is 0 Å². The molecule has 0 aromatic rings. The number of ether oxygens (including phenoxy) is 4. The Balaban J connectivity index is 1.37. The second-order valence-electron chi connectivity index (χ2n) is 7.33. The third-order valence-electron chi connectivity index (χ3n) is 4.78. The first-order valence-electron chi connectivity index (χ1n) is 10.3. The van der Waals surface area contributed by atoms with Crippen molar-refractivity contribution in [3.63, 3.8) is 0 Å². The maximum Gasteiger partial charge on any atom is 0.157 e. The lowest BCUT2D eigenvalue weighted by atomic mass is 10.1. The quantitative estimate of drug-likeness (QED) is 0.203. The Morgan fingerprint density at radius 3 is 1.54 bits per heavy atom. The molecule has 2 saturated heterocycles. The first kappa shape index (κ1) is 20.2. The summed E-state index contributed by atoms with van der Waals surface area (Å²) in [7, 11) is 0. The van der Waals surface area contributed by atoms with Gasteiger partial charge in [-0.2, -0.15) is 0 Å². The summed E-state index contributed by atoms with van der Waals surface area (Å²) in [4.78, 5) is 0. The van der Waals surface area contributed by atoms with E-state index in [1.807, 2.05) is 0 Å². The van der Waals surface area contributed by atoms with Gasteiger partial charge in [0.25, 0.3) is 0 Å². The van der Waals surface area contributed by atoms with Gasteiger partial charge in [-0.05, 0) is 12.8 Å². The topological polar surface area (TPSA) is 43.5 Å². The fourth-order valence-electron chi connectivity index (χ4n) is 2.95. The van der Waals surface area contributed by atoms with E-state index >= 15 is 0 Å². The van der Waals surface area contributed by atoms with Crippen molar-refractivity contribution < 1.29 is 18.9 Å². The Labute approximate surface area is 148 Å². The lowest BCUT2D eigenvalue weighted by Crippen LogP contribution is -2.22. The molecule has 0 spiro atoms. The van der Waals surface area contributed by atoms with E-state index in [1.165, 1.54) is 70.6 Å². The summed E-state index contributed by atoms with van der Waals surface area (Å²) in [5, 5.41) is 0. The molecule has 0 bridgehead atoms. The van der Waals surface area contributed by atoms with Gasteiger partial charge in [0.15, 0.2) is 6.29 Å². The van der Waals surface area contributed by atoms with Crippen LogP contribution in [0.2, 0.25) is 0 Å². The third kappa shape index (κ3) is 11.4. The second-order valence-corrected chi connectivity index (χ2v) is 7.33. The van der Waals surface area contributed by atoms with Crippen LogP contribution in [0, 0.1) is 0 Å². The Hall–Kier alpha value is -0.160. The Morgan fingerprint density at radius 1 is 0.708 bits per heavy atom. The molecule has 0 radical (unpaired) electrons. The van der Waals surface area contributed by atoms with E-state index in [2.05, 4.69) is 6.92 Å². The van der Waals surface area contributed by atoms with Crippen LogP contribution in [0.4, 0.5) is 0 Å². The Bertz CT molecular complexity index is 273.